The average Bonchev–Trinajstić information content (AvgIpc) is 2.89. The minimum atomic E-state index is -0.970. The molecule has 0 spiro atoms. The van der Waals surface area contributed by atoms with Gasteiger partial charge >= 0.3 is 0 Å². The van der Waals surface area contributed by atoms with Crippen LogP contribution in [0.3, 0.4) is 0 Å². The highest BCUT2D eigenvalue weighted by molar-refractivity contribution is 5.38. The van der Waals surface area contributed by atoms with E-state index in [2.05, 4.69) is 26.0 Å². The molecule has 1 fully saturated rings. The molecule has 2 nitrogen and oxygen atoms in total. The second-order valence-electron chi connectivity index (χ2n) is 4.66. The highest BCUT2D eigenvalue weighted by atomic mass is 16.6. The molecule has 0 aliphatic heterocycles. The van der Waals surface area contributed by atoms with Gasteiger partial charge in [0.15, 0.2) is 5.79 Å². The van der Waals surface area contributed by atoms with Gasteiger partial charge < -0.3 is 9.84 Å². The summed E-state index contributed by atoms with van der Waals surface area (Å²) in [5.74, 6) is -0.604. The van der Waals surface area contributed by atoms with Crippen LogP contribution >= 0.6 is 0 Å². The minimum absolute atomic E-state index is 0.219. The van der Waals surface area contributed by atoms with Gasteiger partial charge in [-0.2, -0.15) is 0 Å². The third-order valence-electron chi connectivity index (χ3n) is 3.70. The molecule has 0 heterocycles. The van der Waals surface area contributed by atoms with E-state index in [1.54, 1.807) is 7.11 Å². The lowest BCUT2D eigenvalue weighted by atomic mass is 9.84. The van der Waals surface area contributed by atoms with Gasteiger partial charge in [0.25, 0.3) is 0 Å². The van der Waals surface area contributed by atoms with Crippen LogP contribution < -0.4 is 0 Å². The summed E-state index contributed by atoms with van der Waals surface area (Å²) in [6.45, 7) is 4.26. The first-order valence-corrected chi connectivity index (χ1v) is 5.40. The van der Waals surface area contributed by atoms with Crippen molar-refractivity contribution in [2.45, 2.75) is 31.5 Å². The van der Waals surface area contributed by atoms with Crippen LogP contribution in [0.1, 0.15) is 25.8 Å². The first kappa shape index (κ1) is 10.7. The highest BCUT2D eigenvalue weighted by Crippen LogP contribution is 2.62. The highest BCUT2D eigenvalue weighted by Gasteiger charge is 2.70. The zero-order valence-electron chi connectivity index (χ0n) is 9.53. The molecule has 2 heteroatoms. The van der Waals surface area contributed by atoms with Crippen LogP contribution in [0.15, 0.2) is 30.3 Å². The van der Waals surface area contributed by atoms with E-state index in [0.717, 1.165) is 0 Å². The van der Waals surface area contributed by atoms with E-state index in [4.69, 9.17) is 4.74 Å². The number of aliphatic hydroxyl groups is 1. The van der Waals surface area contributed by atoms with Crippen molar-refractivity contribution in [3.05, 3.63) is 35.9 Å². The number of methoxy groups -OCH3 is 1. The summed E-state index contributed by atoms with van der Waals surface area (Å²) >= 11 is 0. The van der Waals surface area contributed by atoms with Crippen LogP contribution in [-0.2, 0) is 10.2 Å². The van der Waals surface area contributed by atoms with Crippen LogP contribution in [0.2, 0.25) is 0 Å². The summed E-state index contributed by atoms with van der Waals surface area (Å²) in [7, 11) is 1.58. The molecule has 2 atom stereocenters. The minimum Gasteiger partial charge on any atom is -0.365 e. The second-order valence-corrected chi connectivity index (χ2v) is 4.66. The molecule has 0 amide bonds. The Labute approximate surface area is 90.9 Å². The molecule has 1 saturated carbocycles. The average molecular weight is 206 g/mol. The molecule has 0 saturated heterocycles. The summed E-state index contributed by atoms with van der Waals surface area (Å²) < 4.78 is 5.24. The van der Waals surface area contributed by atoms with E-state index in [1.165, 1.54) is 5.56 Å². The van der Waals surface area contributed by atoms with Crippen LogP contribution in [-0.4, -0.2) is 18.0 Å². The number of ether oxygens (including phenoxy) is 1. The van der Waals surface area contributed by atoms with Crippen LogP contribution in [0.25, 0.3) is 0 Å². The lowest BCUT2D eigenvalue weighted by Crippen LogP contribution is -2.30. The van der Waals surface area contributed by atoms with Crippen LogP contribution in [0.4, 0.5) is 0 Å². The monoisotopic (exact) mass is 206 g/mol. The largest absolute Gasteiger partial charge is 0.365 e. The molecule has 2 rings (SSSR count). The Balaban J connectivity index is 2.40. The van der Waals surface area contributed by atoms with Gasteiger partial charge in [0.05, 0.1) is 5.41 Å². The molecule has 0 aromatic heterocycles. The van der Waals surface area contributed by atoms with E-state index in [-0.39, 0.29) is 5.41 Å². The Morgan fingerprint density at radius 1 is 1.27 bits per heavy atom. The third-order valence-corrected chi connectivity index (χ3v) is 3.70. The summed E-state index contributed by atoms with van der Waals surface area (Å²) in [4.78, 5) is 0. The maximum atomic E-state index is 10.2. The fourth-order valence-corrected chi connectivity index (χ4v) is 2.64. The van der Waals surface area contributed by atoms with Crippen molar-refractivity contribution in [2.24, 2.45) is 5.92 Å². The van der Waals surface area contributed by atoms with Crippen molar-refractivity contribution in [3.8, 4) is 0 Å². The van der Waals surface area contributed by atoms with Gasteiger partial charge in [-0.25, -0.2) is 0 Å². The zero-order valence-corrected chi connectivity index (χ0v) is 9.53. The molecular weight excluding hydrogens is 188 g/mol. The standard InChI is InChI=1S/C13H18O2/c1-10(2)12(9-13(12,14)15-3)11-7-5-4-6-8-11/h4-8,10,14H,9H2,1-3H3/t12-,13-/m0/s1. The molecule has 15 heavy (non-hydrogen) atoms. The van der Waals surface area contributed by atoms with Crippen LogP contribution in [0.5, 0.6) is 0 Å². The van der Waals surface area contributed by atoms with Gasteiger partial charge in [0.2, 0.25) is 0 Å². The van der Waals surface area contributed by atoms with E-state index >= 15 is 0 Å². The Bertz CT molecular complexity index is 347. The van der Waals surface area contributed by atoms with Gasteiger partial charge in [-0.1, -0.05) is 44.2 Å². The summed E-state index contributed by atoms with van der Waals surface area (Å²) in [5, 5.41) is 10.2. The molecule has 1 aromatic rings. The molecule has 0 bridgehead atoms. The third kappa shape index (κ3) is 1.32. The summed E-state index contributed by atoms with van der Waals surface area (Å²) in [6.07, 6.45) is 0.693. The maximum Gasteiger partial charge on any atom is 0.176 e. The molecule has 1 aliphatic rings. The Kier molecular flexibility index (Phi) is 2.36. The Morgan fingerprint density at radius 2 is 1.87 bits per heavy atom. The topological polar surface area (TPSA) is 29.5 Å². The number of hydrogen-bond donors (Lipinski definition) is 1. The second kappa shape index (κ2) is 3.32. The first-order chi connectivity index (χ1) is 7.07. The van der Waals surface area contributed by atoms with Gasteiger partial charge in [0.1, 0.15) is 0 Å². The van der Waals surface area contributed by atoms with Crippen molar-refractivity contribution in [3.63, 3.8) is 0 Å². The SMILES string of the molecule is CO[C@@]1(O)C[C@@]1(c1ccccc1)C(C)C. The van der Waals surface area contributed by atoms with Crippen molar-refractivity contribution in [1.29, 1.82) is 0 Å². The summed E-state index contributed by atoms with van der Waals surface area (Å²) in [6, 6.07) is 10.1. The lowest BCUT2D eigenvalue weighted by Gasteiger charge is -2.25. The number of hydrogen-bond acceptors (Lipinski definition) is 2. The Hall–Kier alpha value is -0.860. The van der Waals surface area contributed by atoms with Crippen molar-refractivity contribution < 1.29 is 9.84 Å². The molecule has 0 unspecified atom stereocenters. The quantitative estimate of drug-likeness (QED) is 0.769. The maximum absolute atomic E-state index is 10.2. The zero-order chi connectivity index (χ0) is 11.1. The predicted molar refractivity (Wildman–Crippen MR) is 59.5 cm³/mol. The first-order valence-electron chi connectivity index (χ1n) is 5.40. The van der Waals surface area contributed by atoms with E-state index < -0.39 is 5.79 Å². The van der Waals surface area contributed by atoms with Gasteiger partial charge in [-0.15, -0.1) is 0 Å². The fraction of sp³-hybridized carbons (Fsp3) is 0.538. The van der Waals surface area contributed by atoms with Crippen molar-refractivity contribution >= 4 is 0 Å². The number of rotatable bonds is 3. The van der Waals surface area contributed by atoms with Crippen molar-refractivity contribution in [2.75, 3.05) is 7.11 Å². The predicted octanol–water partition coefficient (Wildman–Crippen LogP) is 2.32. The summed E-state index contributed by atoms with van der Waals surface area (Å²) in [5.41, 5.74) is 0.951. The van der Waals surface area contributed by atoms with Gasteiger partial charge in [-0.05, 0) is 11.5 Å². The normalized spacial score (nSPS) is 34.5. The molecule has 1 aromatic carbocycles. The van der Waals surface area contributed by atoms with Gasteiger partial charge in [0, 0.05) is 13.5 Å². The van der Waals surface area contributed by atoms with E-state index in [0.29, 0.717) is 12.3 Å². The van der Waals surface area contributed by atoms with E-state index in [9.17, 15) is 5.11 Å². The number of benzene rings is 1. The molecule has 1 aliphatic carbocycles. The van der Waals surface area contributed by atoms with Crippen LogP contribution in [0, 0.1) is 5.92 Å². The lowest BCUT2D eigenvalue weighted by molar-refractivity contribution is -0.124. The fourth-order valence-electron chi connectivity index (χ4n) is 2.64. The molecule has 0 radical (unpaired) electrons. The Morgan fingerprint density at radius 3 is 2.27 bits per heavy atom. The smallest absolute Gasteiger partial charge is 0.176 e. The van der Waals surface area contributed by atoms with Gasteiger partial charge in [-0.3, -0.25) is 0 Å². The molecule has 82 valence electrons. The van der Waals surface area contributed by atoms with Crippen molar-refractivity contribution in [1.82, 2.24) is 0 Å². The molecule has 1 N–H and O–H groups in total. The van der Waals surface area contributed by atoms with E-state index in [1.807, 2.05) is 18.2 Å². The molecular formula is C13H18O2.